The molecule has 0 nitrogen and oxygen atoms in total. The Bertz CT molecular complexity index is 805. The summed E-state index contributed by atoms with van der Waals surface area (Å²) in [5.41, 5.74) is -4.69. The van der Waals surface area contributed by atoms with Crippen LogP contribution in [0.5, 0.6) is 0 Å². The van der Waals surface area contributed by atoms with Gasteiger partial charge in [0.25, 0.3) is 0 Å². The van der Waals surface area contributed by atoms with Crippen molar-refractivity contribution in [1.29, 1.82) is 0 Å². The van der Waals surface area contributed by atoms with Gasteiger partial charge in [-0.3, -0.25) is 8.78 Å². The summed E-state index contributed by atoms with van der Waals surface area (Å²) >= 11 is 10.4. The molecular formula is C63H174Cl2F20. The molecule has 580 valence electrons. The highest BCUT2D eigenvalue weighted by atomic mass is 35.5. The summed E-state index contributed by atoms with van der Waals surface area (Å²) in [6.45, 7) is 34.2. The van der Waals surface area contributed by atoms with Gasteiger partial charge in [0, 0.05) is 17.2 Å². The molecule has 0 amide bonds. The molecule has 0 aromatic rings. The first kappa shape index (κ1) is 241. The van der Waals surface area contributed by atoms with Crippen molar-refractivity contribution < 1.29 is 87.8 Å². The molecule has 0 aromatic heterocycles. The van der Waals surface area contributed by atoms with Crippen LogP contribution in [0.25, 0.3) is 0 Å². The molecule has 0 bridgehead atoms. The summed E-state index contributed by atoms with van der Waals surface area (Å²) in [7, 11) is 1.00. The van der Waals surface area contributed by atoms with Gasteiger partial charge in [0.15, 0.2) is 5.41 Å². The number of hydrogen-bond acceptors (Lipinski definition) is 0. The molecular weight excluding hydrogens is 1210 g/mol. The van der Waals surface area contributed by atoms with E-state index in [-0.39, 0.29) is 197 Å². The molecule has 0 radical (unpaired) electrons. The number of halogens is 22. The fourth-order valence-electron chi connectivity index (χ4n) is 0.161. The Hall–Kier alpha value is -0.820. The molecule has 0 rings (SSSR count). The van der Waals surface area contributed by atoms with Gasteiger partial charge >= 0.3 is 37.1 Å². The lowest BCUT2D eigenvalue weighted by molar-refractivity contribution is -0.327. The minimum absolute atomic E-state index is 0. The average molecular weight is 1380 g/mol. The molecule has 0 aliphatic heterocycles. The van der Waals surface area contributed by atoms with Gasteiger partial charge < -0.3 is 0 Å². The second kappa shape index (κ2) is 105. The van der Waals surface area contributed by atoms with Crippen LogP contribution in [0.1, 0.15) is 343 Å². The zero-order chi connectivity index (χ0) is 54.1. The molecule has 0 saturated heterocycles. The third-order valence-corrected chi connectivity index (χ3v) is 4.21. The summed E-state index contributed by atoms with van der Waals surface area (Å²) in [5.74, 6) is -0.368. The topological polar surface area (TPSA) is 0 Å². The Kier molecular flexibility index (Phi) is 297. The van der Waals surface area contributed by atoms with Crippen molar-refractivity contribution in [2.75, 3.05) is 14.4 Å². The van der Waals surface area contributed by atoms with E-state index in [1.807, 2.05) is 20.8 Å². The molecule has 0 N–H and O–H groups in total. The number of rotatable bonds is 0. The normalized spacial score (nSPS) is 8.75. The van der Waals surface area contributed by atoms with Crippen molar-refractivity contribution in [2.45, 2.75) is 390 Å². The third-order valence-electron chi connectivity index (χ3n) is 4.00. The van der Waals surface area contributed by atoms with E-state index in [1.54, 1.807) is 0 Å². The molecule has 0 spiro atoms. The smallest absolute Gasteiger partial charge is 0.255 e. The van der Waals surface area contributed by atoms with Crippen LogP contribution in [0.2, 0.25) is 0 Å². The van der Waals surface area contributed by atoms with Crippen molar-refractivity contribution in [2.24, 2.45) is 28.1 Å². The Morgan fingerprint density at radius 3 is 0.365 bits per heavy atom. The fraction of sp³-hybridized carbons (Fsp3) is 1.00. The van der Waals surface area contributed by atoms with Crippen LogP contribution in [-0.2, 0) is 0 Å². The van der Waals surface area contributed by atoms with Crippen molar-refractivity contribution in [3.63, 3.8) is 0 Å². The lowest BCUT2D eigenvalue weighted by Crippen LogP contribution is -2.44. The van der Waals surface area contributed by atoms with Gasteiger partial charge in [-0.1, -0.05) is 289 Å². The van der Waals surface area contributed by atoms with E-state index >= 15 is 0 Å². The molecule has 22 heteroatoms. The van der Waals surface area contributed by atoms with Gasteiger partial charge in [-0.05, 0) is 59.8 Å². The summed E-state index contributed by atoms with van der Waals surface area (Å²) in [4.78, 5) is -2.12. The first-order valence-electron chi connectivity index (χ1n) is 18.2. The van der Waals surface area contributed by atoms with Gasteiger partial charge in [-0.25, -0.2) is 0 Å². The fourth-order valence-corrected chi connectivity index (χ4v) is 0.161. The first-order valence-corrected chi connectivity index (χ1v) is 18.9. The van der Waals surface area contributed by atoms with Crippen molar-refractivity contribution in [3.05, 3.63) is 0 Å². The molecule has 85 heavy (non-hydrogen) atoms. The maximum atomic E-state index is 11.6. The van der Waals surface area contributed by atoms with Crippen LogP contribution in [0.15, 0.2) is 0 Å². The Balaban J connectivity index is -0.00000000974. The van der Waals surface area contributed by atoms with Gasteiger partial charge in [0.05, 0.1) is 19.8 Å². The van der Waals surface area contributed by atoms with E-state index in [4.69, 9.17) is 23.2 Å². The third kappa shape index (κ3) is 281. The Morgan fingerprint density at radius 1 is 0.294 bits per heavy atom. The Morgan fingerprint density at radius 2 is 0.365 bits per heavy atom. The van der Waals surface area contributed by atoms with Crippen molar-refractivity contribution in [3.8, 4) is 0 Å². The SMILES string of the molecule is C.C.C.C.C.C.C.C.C.C.C.C.C.C.C.C.C.C.C.C.C.C.C.C.CC(C)(C(F)(F)F)C(F)(F)F.CC(C)(C)C.CC(C)(C)C(F)(F)F.CC(C)(C)Cl.CC(C)(Cl)C(F)(F)F.CC(C)C.CC(C)C(F)(F)F.CCC.CCC(F)(F)F.CF.CF. The highest BCUT2D eigenvalue weighted by Gasteiger charge is 2.64. The quantitative estimate of drug-likeness (QED) is 0.168. The second-order valence-electron chi connectivity index (χ2n) is 17.5. The van der Waals surface area contributed by atoms with E-state index in [0.717, 1.165) is 61.3 Å². The van der Waals surface area contributed by atoms with E-state index in [2.05, 4.69) is 62.3 Å². The van der Waals surface area contributed by atoms with Crippen LogP contribution < -0.4 is 0 Å². The van der Waals surface area contributed by atoms with Crippen LogP contribution >= 0.6 is 23.2 Å². The van der Waals surface area contributed by atoms with Gasteiger partial charge in [-0.15, -0.1) is 23.2 Å². The maximum absolute atomic E-state index is 11.6. The van der Waals surface area contributed by atoms with E-state index in [0.29, 0.717) is 19.8 Å². The molecule has 0 heterocycles. The lowest BCUT2D eigenvalue weighted by atomic mass is 9.92. The molecule has 0 fully saturated rings. The lowest BCUT2D eigenvalue weighted by Gasteiger charge is -2.29. The number of hydrogen-bond donors (Lipinski definition) is 0. The van der Waals surface area contributed by atoms with Crippen LogP contribution in [0.4, 0.5) is 87.8 Å². The van der Waals surface area contributed by atoms with Crippen LogP contribution in [0.3, 0.4) is 0 Å². The second-order valence-corrected chi connectivity index (χ2v) is 19.6. The average Bonchev–Trinajstić information content (AvgIpc) is 2.91. The van der Waals surface area contributed by atoms with E-state index < -0.39 is 65.1 Å². The summed E-state index contributed by atoms with van der Waals surface area (Å²) in [6.07, 6.45) is -26.3. The van der Waals surface area contributed by atoms with Crippen molar-refractivity contribution >= 4 is 23.2 Å². The standard InChI is InChI=1S/C5H6F6.C5H9F3.C5H12.C4H6ClF3.C4H9Cl.C4H7F3.C4H10.C3H5F3.C3H8.2CH3F.24CH4/c1-3(2,4(6,7)8)5(9,10)11;1-4(2,3)5(6,7)8;1-5(2,3)4;1-3(2,5)4(6,7)8;1-4(2,3)5;1-3(2)4(5,6)7;1-4(2)3;1-2-3(4,5)6;1-3-2;2*1-2;;;;;;;;;;;;;;;;;;;;;;;;/h1-2H3;1-3H3;1-4H3;1-2H3;1-3H3;3H,1-2H3;4H,1-3H3;2H2,1H3;3H2,1-2H3;2*1H3;24*1H4. The van der Waals surface area contributed by atoms with Crippen LogP contribution in [-0.4, -0.2) is 61.2 Å². The molecule has 0 atom stereocenters. The zero-order valence-corrected chi connectivity index (χ0v) is 41.9. The molecule has 0 aromatic carbocycles. The molecule has 0 aliphatic carbocycles. The molecule has 0 saturated carbocycles. The molecule has 0 unspecified atom stereocenters. The maximum Gasteiger partial charge on any atom is 0.407 e. The van der Waals surface area contributed by atoms with Gasteiger partial charge in [0.2, 0.25) is 0 Å². The minimum atomic E-state index is -5.24. The Labute approximate surface area is 541 Å². The van der Waals surface area contributed by atoms with E-state index in [1.165, 1.54) is 6.42 Å². The minimum Gasteiger partial charge on any atom is -0.255 e. The first-order chi connectivity index (χ1) is 25.7. The predicted molar refractivity (Wildman–Crippen MR) is 377 cm³/mol. The number of alkyl halides is 22. The highest BCUT2D eigenvalue weighted by Crippen LogP contribution is 2.49. The van der Waals surface area contributed by atoms with Crippen molar-refractivity contribution in [1.82, 2.24) is 0 Å². The van der Waals surface area contributed by atoms with Gasteiger partial charge in [0.1, 0.15) is 4.87 Å². The summed E-state index contributed by atoms with van der Waals surface area (Å²) in [6, 6.07) is 0. The largest absolute Gasteiger partial charge is 0.407 e. The predicted octanol–water partition coefficient (Wildman–Crippen LogP) is 36.1. The van der Waals surface area contributed by atoms with Gasteiger partial charge in [-0.2, -0.15) is 79.0 Å². The zero-order valence-electron chi connectivity index (χ0n) is 40.4. The van der Waals surface area contributed by atoms with E-state index in [9.17, 15) is 87.8 Å². The molecule has 0 aliphatic rings. The summed E-state index contributed by atoms with van der Waals surface area (Å²) in [5, 5.41) is 0. The van der Waals surface area contributed by atoms with Crippen LogP contribution in [0, 0.1) is 28.1 Å². The monoisotopic (exact) mass is 1380 g/mol. The summed E-state index contributed by atoms with van der Waals surface area (Å²) < 4.78 is 224. The highest BCUT2D eigenvalue weighted by molar-refractivity contribution is 6.24.